The van der Waals surface area contributed by atoms with Crippen LogP contribution in [0, 0.1) is 0 Å². The summed E-state index contributed by atoms with van der Waals surface area (Å²) in [5.41, 5.74) is 3.15. The number of amides is 2. The number of pyridine rings is 1. The maximum atomic E-state index is 13.1. The summed E-state index contributed by atoms with van der Waals surface area (Å²) in [6, 6.07) is 18.5. The van der Waals surface area contributed by atoms with E-state index in [4.69, 9.17) is 0 Å². The van der Waals surface area contributed by atoms with Gasteiger partial charge in [-0.05, 0) is 12.1 Å². The Kier molecular flexibility index (Phi) is 2.99. The SMILES string of the molecule is O=C1c2cnc3n[nH]c(-c4ccccc4)c3c2C(=O)N1c1ccccc1. The van der Waals surface area contributed by atoms with Crippen LogP contribution in [0.5, 0.6) is 0 Å². The summed E-state index contributed by atoms with van der Waals surface area (Å²) in [5, 5.41) is 7.74. The number of nitrogens with zero attached hydrogens (tertiary/aromatic N) is 3. The molecule has 2 aromatic carbocycles. The molecule has 4 aromatic rings. The van der Waals surface area contributed by atoms with E-state index < -0.39 is 0 Å². The first-order chi connectivity index (χ1) is 12.8. The molecule has 0 unspecified atom stereocenters. The molecule has 26 heavy (non-hydrogen) atoms. The second kappa shape index (κ2) is 5.35. The van der Waals surface area contributed by atoms with E-state index in [-0.39, 0.29) is 11.8 Å². The lowest BCUT2D eigenvalue weighted by Crippen LogP contribution is -2.29. The van der Waals surface area contributed by atoms with E-state index in [1.807, 2.05) is 36.4 Å². The Hall–Kier alpha value is -3.80. The van der Waals surface area contributed by atoms with Crippen LogP contribution in [-0.4, -0.2) is 27.0 Å². The van der Waals surface area contributed by atoms with Gasteiger partial charge in [-0.2, -0.15) is 5.10 Å². The third kappa shape index (κ3) is 1.92. The van der Waals surface area contributed by atoms with E-state index in [0.29, 0.717) is 33.5 Å². The van der Waals surface area contributed by atoms with Gasteiger partial charge in [-0.3, -0.25) is 14.7 Å². The molecule has 2 amide bonds. The van der Waals surface area contributed by atoms with Crippen molar-refractivity contribution in [1.29, 1.82) is 0 Å². The topological polar surface area (TPSA) is 79.0 Å². The van der Waals surface area contributed by atoms with Crippen LogP contribution in [0.2, 0.25) is 0 Å². The van der Waals surface area contributed by atoms with Gasteiger partial charge in [0.2, 0.25) is 0 Å². The van der Waals surface area contributed by atoms with Gasteiger partial charge in [0.1, 0.15) is 0 Å². The van der Waals surface area contributed by atoms with Crippen molar-refractivity contribution >= 4 is 28.5 Å². The van der Waals surface area contributed by atoms with Gasteiger partial charge in [0.25, 0.3) is 11.8 Å². The van der Waals surface area contributed by atoms with Gasteiger partial charge >= 0.3 is 0 Å². The zero-order chi connectivity index (χ0) is 17.7. The summed E-state index contributed by atoms with van der Waals surface area (Å²) < 4.78 is 0. The van der Waals surface area contributed by atoms with Gasteiger partial charge in [0.15, 0.2) is 5.65 Å². The summed E-state index contributed by atoms with van der Waals surface area (Å²) in [4.78, 5) is 31.5. The van der Waals surface area contributed by atoms with E-state index in [1.165, 1.54) is 11.1 Å². The lowest BCUT2D eigenvalue weighted by Gasteiger charge is -2.13. The molecule has 0 atom stereocenters. The molecule has 124 valence electrons. The number of H-pyrrole nitrogens is 1. The molecule has 6 nitrogen and oxygen atoms in total. The van der Waals surface area contributed by atoms with Crippen molar-refractivity contribution in [3.8, 4) is 11.3 Å². The van der Waals surface area contributed by atoms with Crippen LogP contribution < -0.4 is 4.90 Å². The van der Waals surface area contributed by atoms with Gasteiger partial charge in [-0.25, -0.2) is 9.88 Å². The number of fused-ring (bicyclic) bond motifs is 3. The molecule has 1 aliphatic rings. The monoisotopic (exact) mass is 340 g/mol. The van der Waals surface area contributed by atoms with E-state index >= 15 is 0 Å². The minimum Gasteiger partial charge on any atom is -0.275 e. The number of nitrogens with one attached hydrogen (secondary N) is 1. The molecule has 5 rings (SSSR count). The van der Waals surface area contributed by atoms with Gasteiger partial charge in [0.05, 0.1) is 27.9 Å². The zero-order valence-corrected chi connectivity index (χ0v) is 13.5. The van der Waals surface area contributed by atoms with Crippen LogP contribution in [0.1, 0.15) is 20.7 Å². The highest BCUT2D eigenvalue weighted by Gasteiger charge is 2.39. The Morgan fingerprint density at radius 3 is 2.27 bits per heavy atom. The number of benzene rings is 2. The standard InChI is InChI=1S/C20H12N4O2/c25-19-14-11-21-18-16(17(22-23-18)12-7-3-1-4-8-12)15(14)20(26)24(19)13-9-5-2-6-10-13/h1-11H,(H,21,22,23). The van der Waals surface area contributed by atoms with Crippen LogP contribution in [0.4, 0.5) is 5.69 Å². The zero-order valence-electron chi connectivity index (χ0n) is 13.5. The minimum atomic E-state index is -0.370. The van der Waals surface area contributed by atoms with E-state index in [1.54, 1.807) is 24.3 Å². The lowest BCUT2D eigenvalue weighted by molar-refractivity contribution is 0.0926. The molecular formula is C20H12N4O2. The van der Waals surface area contributed by atoms with Gasteiger partial charge in [-0.15, -0.1) is 0 Å². The maximum absolute atomic E-state index is 13.1. The Bertz CT molecular complexity index is 1170. The number of carbonyl (C=O) groups excluding carboxylic acids is 2. The van der Waals surface area contributed by atoms with Gasteiger partial charge in [0, 0.05) is 11.8 Å². The molecule has 0 bridgehead atoms. The van der Waals surface area contributed by atoms with Crippen molar-refractivity contribution in [2.24, 2.45) is 0 Å². The number of hydrogen-bond acceptors (Lipinski definition) is 4. The number of rotatable bonds is 2. The fourth-order valence-corrected chi connectivity index (χ4v) is 3.32. The van der Waals surface area contributed by atoms with Gasteiger partial charge < -0.3 is 0 Å². The van der Waals surface area contributed by atoms with Crippen molar-refractivity contribution in [2.75, 3.05) is 4.90 Å². The summed E-state index contributed by atoms with van der Waals surface area (Å²) in [5.74, 6) is -0.729. The van der Waals surface area contributed by atoms with Crippen molar-refractivity contribution in [3.63, 3.8) is 0 Å². The molecule has 0 saturated heterocycles. The van der Waals surface area contributed by atoms with Crippen LogP contribution >= 0.6 is 0 Å². The highest BCUT2D eigenvalue weighted by molar-refractivity contribution is 6.38. The quantitative estimate of drug-likeness (QED) is 0.567. The minimum absolute atomic E-state index is 0.296. The number of anilines is 1. The average molecular weight is 340 g/mol. The first-order valence-corrected chi connectivity index (χ1v) is 8.12. The van der Waals surface area contributed by atoms with Crippen LogP contribution in [0.3, 0.4) is 0 Å². The number of aromatic nitrogens is 3. The average Bonchev–Trinajstić information content (AvgIpc) is 3.22. The fraction of sp³-hybridized carbons (Fsp3) is 0. The first kappa shape index (κ1) is 14.5. The summed E-state index contributed by atoms with van der Waals surface area (Å²) >= 11 is 0. The molecule has 2 aromatic heterocycles. The van der Waals surface area contributed by atoms with E-state index in [9.17, 15) is 9.59 Å². The van der Waals surface area contributed by atoms with Gasteiger partial charge in [-0.1, -0.05) is 48.5 Å². The van der Waals surface area contributed by atoms with Crippen LogP contribution in [0.25, 0.3) is 22.3 Å². The Morgan fingerprint density at radius 2 is 1.54 bits per heavy atom. The Labute approximate surface area is 148 Å². The maximum Gasteiger partial charge on any atom is 0.267 e. The third-order valence-corrected chi connectivity index (χ3v) is 4.51. The molecule has 0 aliphatic carbocycles. The largest absolute Gasteiger partial charge is 0.275 e. The Morgan fingerprint density at radius 1 is 0.846 bits per heavy atom. The van der Waals surface area contributed by atoms with Crippen molar-refractivity contribution in [1.82, 2.24) is 15.2 Å². The number of aromatic amines is 1. The smallest absolute Gasteiger partial charge is 0.267 e. The number of hydrogen-bond donors (Lipinski definition) is 1. The first-order valence-electron chi connectivity index (χ1n) is 8.12. The van der Waals surface area contributed by atoms with Crippen molar-refractivity contribution in [3.05, 3.63) is 78.0 Å². The lowest BCUT2D eigenvalue weighted by atomic mass is 10.0. The molecular weight excluding hydrogens is 328 g/mol. The second-order valence-electron chi connectivity index (χ2n) is 5.99. The molecule has 0 saturated carbocycles. The molecule has 0 spiro atoms. The van der Waals surface area contributed by atoms with Crippen LogP contribution in [0.15, 0.2) is 66.9 Å². The predicted octanol–water partition coefficient (Wildman–Crippen LogP) is 3.43. The molecule has 1 N–H and O–H groups in total. The number of para-hydroxylation sites is 1. The number of imide groups is 1. The van der Waals surface area contributed by atoms with Crippen molar-refractivity contribution in [2.45, 2.75) is 0 Å². The summed E-state index contributed by atoms with van der Waals surface area (Å²) in [6.45, 7) is 0. The van der Waals surface area contributed by atoms with E-state index in [2.05, 4.69) is 15.2 Å². The molecule has 6 heteroatoms. The molecule has 3 heterocycles. The Balaban J connectivity index is 1.77. The van der Waals surface area contributed by atoms with Crippen molar-refractivity contribution < 1.29 is 9.59 Å². The molecule has 0 fully saturated rings. The highest BCUT2D eigenvalue weighted by atomic mass is 16.2. The fourth-order valence-electron chi connectivity index (χ4n) is 3.32. The number of carbonyl (C=O) groups is 2. The third-order valence-electron chi connectivity index (χ3n) is 4.51. The summed E-state index contributed by atoms with van der Waals surface area (Å²) in [6.07, 6.45) is 1.43. The highest BCUT2D eigenvalue weighted by Crippen LogP contribution is 2.36. The molecule has 0 radical (unpaired) electrons. The van der Waals surface area contributed by atoms with Crippen LogP contribution in [-0.2, 0) is 0 Å². The summed E-state index contributed by atoms with van der Waals surface area (Å²) in [7, 11) is 0. The van der Waals surface area contributed by atoms with E-state index in [0.717, 1.165) is 5.56 Å². The molecule has 1 aliphatic heterocycles. The normalized spacial score (nSPS) is 13.5. The second-order valence-corrected chi connectivity index (χ2v) is 5.99. The predicted molar refractivity (Wildman–Crippen MR) is 96.9 cm³/mol.